The zero-order valence-electron chi connectivity index (χ0n) is 17.0. The van der Waals surface area contributed by atoms with Gasteiger partial charge in [-0.3, -0.25) is 4.99 Å². The molecule has 1 atom stereocenters. The Morgan fingerprint density at radius 2 is 1.69 bits per heavy atom. The van der Waals surface area contributed by atoms with Crippen LogP contribution in [0.15, 0.2) is 80.8 Å². The number of hydrogen-bond acceptors (Lipinski definition) is 1. The Morgan fingerprint density at radius 3 is 2.38 bits per heavy atom. The van der Waals surface area contributed by atoms with Gasteiger partial charge in [-0.15, -0.1) is 0 Å². The standard InChI is InChI=1S/C14H11.C10H11NSi.2ClH.Zr/c1-10-8-12-7-6-11-4-2-3-5-13(11)14(12)9-10;1-6-9-7-4-5-11-8(7)10(6)12(9,2)3;;;/h2-9H,1H3;4-5H,1-3H3;2*1H;/q;;;;+2/p-2. The summed E-state index contributed by atoms with van der Waals surface area (Å²) in [6.45, 7) is 9.33. The molecule has 3 heterocycles. The number of fused-ring (bicyclic) bond motifs is 3. The predicted molar refractivity (Wildman–Crippen MR) is 114 cm³/mol. The molecule has 0 fully saturated rings. The van der Waals surface area contributed by atoms with Crippen molar-refractivity contribution in [3.05, 3.63) is 86.9 Å². The predicted octanol–water partition coefficient (Wildman–Crippen LogP) is 0.234. The Kier molecular flexibility index (Phi) is 6.20. The van der Waals surface area contributed by atoms with Crippen LogP contribution in [0.1, 0.15) is 28.6 Å². The smallest absolute Gasteiger partial charge is 1.00 e. The Morgan fingerprint density at radius 1 is 0.966 bits per heavy atom. The number of allylic oxidation sites excluding steroid dienone is 6. The monoisotopic (exact) mass is 512 g/mol. The maximum Gasteiger partial charge on any atom is -1.00 e. The molecule has 0 aromatic heterocycles. The summed E-state index contributed by atoms with van der Waals surface area (Å²) in [5.41, 5.74) is 8.76. The Bertz CT molecular complexity index is 1180. The average molecular weight is 515 g/mol. The van der Waals surface area contributed by atoms with E-state index in [1.54, 1.807) is 35.1 Å². The van der Waals surface area contributed by atoms with Gasteiger partial charge in [0.1, 0.15) is 8.07 Å². The summed E-state index contributed by atoms with van der Waals surface area (Å²) >= 11 is 1.60. The zero-order chi connectivity index (χ0) is 18.9. The SMILES string of the molecule is CC1=C2C3=NC=CC3=C1[Si]2(C)C.CC1=Cc2c(ccc3ccccc23)[CH]1[Zr+2].[Cl-].[Cl-]. The van der Waals surface area contributed by atoms with Gasteiger partial charge in [0.2, 0.25) is 0 Å². The Labute approximate surface area is 201 Å². The normalized spacial score (nSPS) is 21.4. The summed E-state index contributed by atoms with van der Waals surface area (Å²) in [6.07, 6.45) is 6.46. The molecule has 3 aliphatic heterocycles. The topological polar surface area (TPSA) is 12.4 Å². The molecule has 0 amide bonds. The molecular weight excluding hydrogens is 492 g/mol. The summed E-state index contributed by atoms with van der Waals surface area (Å²) in [6, 6.07) is 13.2. The zero-order valence-corrected chi connectivity index (χ0v) is 21.9. The van der Waals surface area contributed by atoms with E-state index >= 15 is 0 Å². The van der Waals surface area contributed by atoms with E-state index in [1.807, 2.05) is 6.20 Å². The van der Waals surface area contributed by atoms with Gasteiger partial charge in [0.15, 0.2) is 0 Å². The van der Waals surface area contributed by atoms with Gasteiger partial charge in [-0.1, -0.05) is 13.1 Å². The minimum atomic E-state index is -1.13. The first kappa shape index (κ1) is 22.7. The molecule has 0 spiro atoms. The molecule has 5 aliphatic rings. The molecule has 1 unspecified atom stereocenters. The van der Waals surface area contributed by atoms with E-state index in [9.17, 15) is 0 Å². The van der Waals surface area contributed by atoms with Crippen LogP contribution in [0.3, 0.4) is 0 Å². The molecule has 0 radical (unpaired) electrons. The van der Waals surface area contributed by atoms with Crippen LogP contribution in [0, 0.1) is 0 Å². The van der Waals surface area contributed by atoms with Gasteiger partial charge in [0.25, 0.3) is 0 Å². The molecule has 2 aromatic rings. The van der Waals surface area contributed by atoms with E-state index in [4.69, 9.17) is 0 Å². The summed E-state index contributed by atoms with van der Waals surface area (Å²) in [5, 5.41) is 6.02. The second-order valence-corrected chi connectivity index (χ2v) is 14.0. The third-order valence-corrected chi connectivity index (χ3v) is 12.0. The van der Waals surface area contributed by atoms with Crippen molar-refractivity contribution in [3.8, 4) is 0 Å². The first-order chi connectivity index (χ1) is 12.9. The summed E-state index contributed by atoms with van der Waals surface area (Å²) in [5.74, 6) is 0. The van der Waals surface area contributed by atoms with Gasteiger partial charge >= 0.3 is 105 Å². The number of rotatable bonds is 0. The Hall–Kier alpha value is -0.990. The van der Waals surface area contributed by atoms with Crippen LogP contribution in [0.25, 0.3) is 16.8 Å². The number of nitrogens with zero attached hydrogens (tertiary/aromatic N) is 1. The van der Waals surface area contributed by atoms with Gasteiger partial charge in [-0.2, -0.15) is 0 Å². The van der Waals surface area contributed by atoms with Gasteiger partial charge in [-0.05, 0) is 29.0 Å². The van der Waals surface area contributed by atoms with Crippen LogP contribution in [-0.4, -0.2) is 13.8 Å². The maximum atomic E-state index is 4.42. The molecular formula is C24H22Cl2NSiZr. The summed E-state index contributed by atoms with van der Waals surface area (Å²) in [7, 11) is -1.13. The van der Waals surface area contributed by atoms with Crippen molar-refractivity contribution in [1.29, 1.82) is 0 Å². The fourth-order valence-electron chi connectivity index (χ4n) is 5.15. The second-order valence-electron chi connectivity index (χ2n) is 8.32. The van der Waals surface area contributed by atoms with Crippen LogP contribution in [0.4, 0.5) is 0 Å². The van der Waals surface area contributed by atoms with Crippen molar-refractivity contribution in [2.24, 2.45) is 4.99 Å². The van der Waals surface area contributed by atoms with E-state index in [1.165, 1.54) is 44.3 Å². The molecule has 0 N–H and O–H groups in total. The molecule has 5 heteroatoms. The van der Waals surface area contributed by atoms with E-state index in [2.05, 4.69) is 80.5 Å². The molecule has 2 aromatic carbocycles. The van der Waals surface area contributed by atoms with Crippen LogP contribution in [0.5, 0.6) is 0 Å². The molecule has 145 valence electrons. The van der Waals surface area contributed by atoms with Crippen LogP contribution in [-0.2, 0) is 24.7 Å². The van der Waals surface area contributed by atoms with Crippen molar-refractivity contribution in [1.82, 2.24) is 0 Å². The van der Waals surface area contributed by atoms with Crippen LogP contribution >= 0.6 is 0 Å². The van der Waals surface area contributed by atoms with Crippen molar-refractivity contribution in [2.45, 2.75) is 30.6 Å². The third-order valence-electron chi connectivity index (χ3n) is 6.35. The van der Waals surface area contributed by atoms with Gasteiger partial charge in [0, 0.05) is 11.8 Å². The van der Waals surface area contributed by atoms with E-state index < -0.39 is 8.07 Å². The van der Waals surface area contributed by atoms with Crippen molar-refractivity contribution in [2.75, 3.05) is 0 Å². The first-order valence-electron chi connectivity index (χ1n) is 9.54. The minimum Gasteiger partial charge on any atom is -1.00 e. The van der Waals surface area contributed by atoms with E-state index in [0.717, 1.165) is 0 Å². The first-order valence-corrected chi connectivity index (χ1v) is 14.0. The van der Waals surface area contributed by atoms with E-state index in [-0.39, 0.29) is 24.8 Å². The molecule has 29 heavy (non-hydrogen) atoms. The van der Waals surface area contributed by atoms with Gasteiger partial charge in [-0.25, -0.2) is 0 Å². The largest absolute Gasteiger partial charge is 1.00 e. The van der Waals surface area contributed by atoms with Crippen molar-refractivity contribution >= 4 is 30.6 Å². The molecule has 2 bridgehead atoms. The van der Waals surface area contributed by atoms with Gasteiger partial charge in [0.05, 0.1) is 5.71 Å². The van der Waals surface area contributed by atoms with Gasteiger partial charge < -0.3 is 24.8 Å². The summed E-state index contributed by atoms with van der Waals surface area (Å²) < 4.78 is 0.678. The number of halogens is 2. The van der Waals surface area contributed by atoms with Crippen LogP contribution in [0.2, 0.25) is 13.1 Å². The van der Waals surface area contributed by atoms with Crippen molar-refractivity contribution < 1.29 is 49.5 Å². The molecule has 0 saturated carbocycles. The fraction of sp³-hybridized carbons (Fsp3) is 0.208. The van der Waals surface area contributed by atoms with Crippen molar-refractivity contribution in [3.63, 3.8) is 0 Å². The molecule has 7 rings (SSSR count). The Balaban J connectivity index is 0.000000158. The fourth-order valence-corrected chi connectivity index (χ4v) is 9.83. The number of hydrogen-bond donors (Lipinski definition) is 0. The third kappa shape index (κ3) is 3.17. The molecule has 0 saturated heterocycles. The number of aliphatic imine (C=N–C) groups is 1. The molecule has 2 aliphatic carbocycles. The van der Waals surface area contributed by atoms with E-state index in [0.29, 0.717) is 3.63 Å². The summed E-state index contributed by atoms with van der Waals surface area (Å²) in [4.78, 5) is 4.42. The minimum absolute atomic E-state index is 0. The quantitative estimate of drug-likeness (QED) is 0.447. The second kappa shape index (κ2) is 7.93. The maximum absolute atomic E-state index is 4.42. The molecule has 1 nitrogen and oxygen atoms in total. The number of benzene rings is 2. The average Bonchev–Trinajstić information content (AvgIpc) is 3.33. The van der Waals surface area contributed by atoms with Crippen LogP contribution < -0.4 is 24.8 Å².